The number of nitrogens with zero attached hydrogens (tertiary/aromatic N) is 2. The van der Waals surface area contributed by atoms with Crippen LogP contribution in [-0.2, 0) is 10.0 Å². The van der Waals surface area contributed by atoms with E-state index in [1.165, 1.54) is 24.4 Å². The summed E-state index contributed by atoms with van der Waals surface area (Å²) in [6, 6.07) is 11.2. The van der Waals surface area contributed by atoms with Crippen molar-refractivity contribution in [3.05, 3.63) is 59.0 Å². The van der Waals surface area contributed by atoms with Gasteiger partial charge in [-0.2, -0.15) is 0 Å². The highest BCUT2D eigenvalue weighted by Gasteiger charge is 2.22. The van der Waals surface area contributed by atoms with Crippen LogP contribution < -0.4 is 0 Å². The molecule has 0 spiro atoms. The van der Waals surface area contributed by atoms with Crippen molar-refractivity contribution in [2.24, 2.45) is 0 Å². The van der Waals surface area contributed by atoms with Gasteiger partial charge in [-0.25, -0.2) is 17.4 Å². The lowest BCUT2D eigenvalue weighted by molar-refractivity contribution is 0.111. The quantitative estimate of drug-likeness (QED) is 0.529. The van der Waals surface area contributed by atoms with Gasteiger partial charge >= 0.3 is 0 Å². The Labute approximate surface area is 129 Å². The first-order chi connectivity index (χ1) is 10.0. The summed E-state index contributed by atoms with van der Waals surface area (Å²) in [5, 5.41) is 0.624. The number of aldehydes is 1. The monoisotopic (exact) mass is 364 g/mol. The molecule has 3 rings (SSSR count). The fourth-order valence-electron chi connectivity index (χ4n) is 2.13. The van der Waals surface area contributed by atoms with Crippen LogP contribution in [-0.4, -0.2) is 23.7 Å². The van der Waals surface area contributed by atoms with Crippen molar-refractivity contribution in [2.45, 2.75) is 4.90 Å². The van der Waals surface area contributed by atoms with Crippen LogP contribution in [0, 0.1) is 0 Å². The van der Waals surface area contributed by atoms with Crippen LogP contribution in [0.4, 0.5) is 0 Å². The van der Waals surface area contributed by atoms with Crippen LogP contribution in [0.15, 0.2) is 58.2 Å². The van der Waals surface area contributed by atoms with Gasteiger partial charge in [-0.15, -0.1) is 0 Å². The van der Waals surface area contributed by atoms with Gasteiger partial charge in [0.2, 0.25) is 0 Å². The summed E-state index contributed by atoms with van der Waals surface area (Å²) in [5.74, 6) is 0. The summed E-state index contributed by atoms with van der Waals surface area (Å²) in [7, 11) is -3.85. The lowest BCUT2D eigenvalue weighted by Crippen LogP contribution is -2.15. The van der Waals surface area contributed by atoms with Crippen LogP contribution in [0.1, 0.15) is 10.5 Å². The first kappa shape index (κ1) is 14.0. The molecule has 0 atom stereocenters. The second kappa shape index (κ2) is 5.09. The Kier molecular flexibility index (Phi) is 3.38. The van der Waals surface area contributed by atoms with Crippen LogP contribution in [0.3, 0.4) is 0 Å². The third-order valence-corrected chi connectivity index (χ3v) is 5.23. The number of hydrogen-bond acceptors (Lipinski definition) is 4. The molecule has 0 saturated carbocycles. The molecule has 0 amide bonds. The van der Waals surface area contributed by atoms with Crippen LogP contribution >= 0.6 is 15.9 Å². The lowest BCUT2D eigenvalue weighted by Gasteiger charge is -2.09. The minimum atomic E-state index is -3.85. The first-order valence-corrected chi connectivity index (χ1v) is 8.20. The van der Waals surface area contributed by atoms with E-state index in [0.717, 1.165) is 3.97 Å². The van der Waals surface area contributed by atoms with Crippen LogP contribution in [0.25, 0.3) is 10.9 Å². The molecule has 0 fully saturated rings. The number of carbonyl (C=O) groups is 1. The normalized spacial score (nSPS) is 11.7. The van der Waals surface area contributed by atoms with E-state index in [1.807, 2.05) is 0 Å². The molecule has 106 valence electrons. The molecule has 0 aliphatic carbocycles. The van der Waals surface area contributed by atoms with Gasteiger partial charge in [-0.1, -0.05) is 18.2 Å². The van der Waals surface area contributed by atoms with Gasteiger partial charge in [0.15, 0.2) is 6.29 Å². The van der Waals surface area contributed by atoms with Crippen molar-refractivity contribution < 1.29 is 13.2 Å². The molecule has 0 N–H and O–H groups in total. The maximum atomic E-state index is 12.7. The number of fused-ring (bicyclic) bond motifs is 1. The molecule has 0 aliphatic heterocycles. The largest absolute Gasteiger partial charge is 0.296 e. The van der Waals surface area contributed by atoms with E-state index in [0.29, 0.717) is 21.8 Å². The van der Waals surface area contributed by atoms with Crippen molar-refractivity contribution in [3.8, 4) is 0 Å². The second-order valence-corrected chi connectivity index (χ2v) is 6.93. The SMILES string of the molecule is O=Cc1cc2cc(Br)ncc2n1S(=O)(=O)c1ccccc1. The van der Waals surface area contributed by atoms with Crippen LogP contribution in [0.5, 0.6) is 0 Å². The number of carbonyl (C=O) groups excluding carboxylic acids is 1. The Bertz CT molecular complexity index is 934. The maximum absolute atomic E-state index is 12.7. The van der Waals surface area contributed by atoms with E-state index in [4.69, 9.17) is 0 Å². The molecule has 0 bridgehead atoms. The van der Waals surface area contributed by atoms with Crippen molar-refractivity contribution in [1.82, 2.24) is 8.96 Å². The molecule has 0 saturated heterocycles. The molecule has 0 aliphatic rings. The Morgan fingerprint density at radius 2 is 1.86 bits per heavy atom. The molecule has 21 heavy (non-hydrogen) atoms. The molecule has 2 aromatic heterocycles. The van der Waals surface area contributed by atoms with E-state index < -0.39 is 10.0 Å². The second-order valence-electron chi connectivity index (χ2n) is 4.34. The van der Waals surface area contributed by atoms with Gasteiger partial charge in [-0.3, -0.25) is 4.79 Å². The minimum absolute atomic E-state index is 0.0637. The number of rotatable bonds is 3. The molecule has 2 heterocycles. The van der Waals surface area contributed by atoms with Gasteiger partial charge in [0.05, 0.1) is 22.3 Å². The fraction of sp³-hybridized carbons (Fsp3) is 0. The van der Waals surface area contributed by atoms with E-state index in [-0.39, 0.29) is 10.6 Å². The Morgan fingerprint density at radius 3 is 2.52 bits per heavy atom. The predicted molar refractivity (Wildman–Crippen MR) is 81.8 cm³/mol. The first-order valence-electron chi connectivity index (χ1n) is 5.97. The van der Waals surface area contributed by atoms with Crippen molar-refractivity contribution in [3.63, 3.8) is 0 Å². The van der Waals surface area contributed by atoms with Gasteiger partial charge in [-0.05, 0) is 40.2 Å². The standard InChI is InChI=1S/C14H9BrN2O3S/c15-14-7-10-6-11(9-18)17(13(10)8-16-14)21(19,20)12-4-2-1-3-5-12/h1-9H. The number of pyridine rings is 1. The number of hydrogen-bond donors (Lipinski definition) is 0. The smallest absolute Gasteiger partial charge is 0.268 e. The summed E-state index contributed by atoms with van der Waals surface area (Å²) < 4.78 is 27.1. The van der Waals surface area contributed by atoms with E-state index in [9.17, 15) is 13.2 Å². The Hall–Kier alpha value is -1.99. The highest BCUT2D eigenvalue weighted by molar-refractivity contribution is 9.10. The summed E-state index contributed by atoms with van der Waals surface area (Å²) in [5.41, 5.74) is 0.429. The number of halogens is 1. The molecule has 0 unspecified atom stereocenters. The van der Waals surface area contributed by atoms with E-state index in [1.54, 1.807) is 24.3 Å². The number of aromatic nitrogens is 2. The average Bonchev–Trinajstić information content (AvgIpc) is 2.86. The fourth-order valence-corrected chi connectivity index (χ4v) is 3.97. The summed E-state index contributed by atoms with van der Waals surface area (Å²) >= 11 is 3.23. The van der Waals surface area contributed by atoms with E-state index in [2.05, 4.69) is 20.9 Å². The average molecular weight is 365 g/mol. The minimum Gasteiger partial charge on any atom is -0.296 e. The highest BCUT2D eigenvalue weighted by atomic mass is 79.9. The molecule has 3 aromatic rings. The van der Waals surface area contributed by atoms with Crippen molar-refractivity contribution in [2.75, 3.05) is 0 Å². The predicted octanol–water partition coefficient (Wildman–Crippen LogP) is 2.85. The summed E-state index contributed by atoms with van der Waals surface area (Å²) in [6.07, 6.45) is 1.95. The van der Waals surface area contributed by atoms with Gasteiger partial charge in [0.25, 0.3) is 10.0 Å². The molecular formula is C14H9BrN2O3S. The highest BCUT2D eigenvalue weighted by Crippen LogP contribution is 2.26. The van der Waals surface area contributed by atoms with Crippen molar-refractivity contribution in [1.29, 1.82) is 0 Å². The third-order valence-electron chi connectivity index (χ3n) is 3.04. The Morgan fingerprint density at radius 1 is 1.14 bits per heavy atom. The zero-order valence-electron chi connectivity index (χ0n) is 10.6. The Balaban J connectivity index is 2.36. The lowest BCUT2D eigenvalue weighted by atomic mass is 10.3. The molecular weight excluding hydrogens is 356 g/mol. The maximum Gasteiger partial charge on any atom is 0.268 e. The van der Waals surface area contributed by atoms with Gasteiger partial charge in [0.1, 0.15) is 4.60 Å². The van der Waals surface area contributed by atoms with Crippen molar-refractivity contribution >= 4 is 43.1 Å². The molecule has 5 nitrogen and oxygen atoms in total. The molecule has 0 radical (unpaired) electrons. The zero-order chi connectivity index (χ0) is 15.0. The third kappa shape index (κ3) is 2.28. The number of benzene rings is 1. The van der Waals surface area contributed by atoms with Gasteiger partial charge in [0, 0.05) is 5.39 Å². The summed E-state index contributed by atoms with van der Waals surface area (Å²) in [4.78, 5) is 15.4. The van der Waals surface area contributed by atoms with Gasteiger partial charge < -0.3 is 0 Å². The van der Waals surface area contributed by atoms with Crippen LogP contribution in [0.2, 0.25) is 0 Å². The molecule has 7 heteroatoms. The van der Waals surface area contributed by atoms with E-state index >= 15 is 0 Å². The topological polar surface area (TPSA) is 69.0 Å². The zero-order valence-corrected chi connectivity index (χ0v) is 13.0. The summed E-state index contributed by atoms with van der Waals surface area (Å²) in [6.45, 7) is 0. The molecule has 1 aromatic carbocycles.